The molecule has 0 bridgehead atoms. The van der Waals surface area contributed by atoms with Crippen LogP contribution in [0.5, 0.6) is 0 Å². The topological polar surface area (TPSA) is 88.1 Å². The van der Waals surface area contributed by atoms with Crippen molar-refractivity contribution in [2.45, 2.75) is 50.1 Å². The number of aliphatic hydroxyl groups excluding tert-OH is 1. The van der Waals surface area contributed by atoms with Gasteiger partial charge in [-0.25, -0.2) is 4.79 Å². The lowest BCUT2D eigenvalue weighted by molar-refractivity contribution is -0.145. The van der Waals surface area contributed by atoms with Crippen LogP contribution in [-0.4, -0.2) is 67.4 Å². The van der Waals surface area contributed by atoms with Gasteiger partial charge in [0.15, 0.2) is 6.04 Å². The molecule has 0 aromatic heterocycles. The van der Waals surface area contributed by atoms with Crippen LogP contribution < -0.4 is 5.32 Å². The number of ether oxygens (including phenoxy) is 2. The number of methoxy groups -OCH3 is 1. The summed E-state index contributed by atoms with van der Waals surface area (Å²) in [5.41, 5.74) is 2.95. The molecule has 1 saturated heterocycles. The molecule has 0 radical (unpaired) electrons. The molecule has 2 aromatic carbocycles. The molecule has 34 heavy (non-hydrogen) atoms. The van der Waals surface area contributed by atoms with E-state index in [1.807, 2.05) is 26.0 Å². The Morgan fingerprint density at radius 2 is 1.65 bits per heavy atom. The van der Waals surface area contributed by atoms with Crippen molar-refractivity contribution in [3.63, 3.8) is 0 Å². The second kappa shape index (κ2) is 14.8. The summed E-state index contributed by atoms with van der Waals surface area (Å²) in [6, 6.07) is 14.7. The fraction of sp³-hybridized carbons (Fsp3) is 0.462. The smallest absolute Gasteiger partial charge is 0.331 e. The Labute approximate surface area is 206 Å². The highest BCUT2D eigenvalue weighted by molar-refractivity contribution is 7.98. The first-order valence-corrected chi connectivity index (χ1v) is 12.6. The molecule has 1 heterocycles. The standard InChI is InChI=1S/C24H30N2O5S.C2H6/c1-17(27)22(24(29)30-2)25-23(28)20-7-9-21(10-8-20)32-16-19-5-3-18(4-6-19)15-26-11-13-31-14-12-26;1-2/h3-10,17,22,27H,11-16H2,1-2H3,(H,25,28);1-2H3. The van der Waals surface area contributed by atoms with Gasteiger partial charge in [-0.05, 0) is 42.3 Å². The van der Waals surface area contributed by atoms with Gasteiger partial charge >= 0.3 is 5.97 Å². The largest absolute Gasteiger partial charge is 0.467 e. The van der Waals surface area contributed by atoms with Crippen LogP contribution in [0.4, 0.5) is 0 Å². The van der Waals surface area contributed by atoms with E-state index in [0.717, 1.165) is 43.5 Å². The highest BCUT2D eigenvalue weighted by Crippen LogP contribution is 2.23. The van der Waals surface area contributed by atoms with Crippen LogP contribution in [0.25, 0.3) is 0 Å². The summed E-state index contributed by atoms with van der Waals surface area (Å²) in [6.07, 6.45) is -1.05. The third-order valence-electron chi connectivity index (χ3n) is 5.28. The Hall–Kier alpha value is -2.39. The maximum atomic E-state index is 12.4. The van der Waals surface area contributed by atoms with Crippen LogP contribution >= 0.6 is 11.8 Å². The van der Waals surface area contributed by atoms with Gasteiger partial charge in [0.05, 0.1) is 26.4 Å². The molecule has 2 aromatic rings. The predicted molar refractivity (Wildman–Crippen MR) is 135 cm³/mol. The van der Waals surface area contributed by atoms with Gasteiger partial charge < -0.3 is 19.9 Å². The van der Waals surface area contributed by atoms with Gasteiger partial charge in [0, 0.05) is 35.8 Å². The number of hydrogen-bond acceptors (Lipinski definition) is 7. The fourth-order valence-corrected chi connectivity index (χ4v) is 4.21. The molecule has 7 nitrogen and oxygen atoms in total. The third-order valence-corrected chi connectivity index (χ3v) is 6.36. The normalized spacial score (nSPS) is 15.4. The molecule has 3 rings (SSSR count). The molecule has 0 spiro atoms. The van der Waals surface area contributed by atoms with Crippen LogP contribution in [-0.2, 0) is 26.6 Å². The Morgan fingerprint density at radius 1 is 1.06 bits per heavy atom. The molecular formula is C26H36N2O5S. The average Bonchev–Trinajstić information content (AvgIpc) is 2.88. The zero-order valence-corrected chi connectivity index (χ0v) is 21.3. The SMILES string of the molecule is CC.COC(=O)C(NC(=O)c1ccc(SCc2ccc(CN3CCOCC3)cc2)cc1)C(C)O. The van der Waals surface area contributed by atoms with E-state index in [0.29, 0.717) is 5.56 Å². The van der Waals surface area contributed by atoms with E-state index in [4.69, 9.17) is 4.74 Å². The molecule has 8 heteroatoms. The molecule has 186 valence electrons. The summed E-state index contributed by atoms with van der Waals surface area (Å²) in [5.74, 6) is -0.291. The third kappa shape index (κ3) is 8.76. The van der Waals surface area contributed by atoms with Crippen molar-refractivity contribution in [3.8, 4) is 0 Å². The number of amides is 1. The van der Waals surface area contributed by atoms with Crippen molar-refractivity contribution in [1.82, 2.24) is 10.2 Å². The van der Waals surface area contributed by atoms with Crippen molar-refractivity contribution in [2.24, 2.45) is 0 Å². The van der Waals surface area contributed by atoms with Gasteiger partial charge in [0.1, 0.15) is 0 Å². The van der Waals surface area contributed by atoms with Crippen molar-refractivity contribution in [2.75, 3.05) is 33.4 Å². The van der Waals surface area contributed by atoms with E-state index in [1.54, 1.807) is 23.9 Å². The summed E-state index contributed by atoms with van der Waals surface area (Å²) in [5, 5.41) is 12.2. The molecule has 2 unspecified atom stereocenters. The van der Waals surface area contributed by atoms with Gasteiger partial charge in [-0.15, -0.1) is 11.8 Å². The van der Waals surface area contributed by atoms with Gasteiger partial charge in [0.2, 0.25) is 0 Å². The van der Waals surface area contributed by atoms with Crippen LogP contribution in [0.15, 0.2) is 53.4 Å². The number of nitrogens with one attached hydrogen (secondary N) is 1. The number of rotatable bonds is 9. The lowest BCUT2D eigenvalue weighted by atomic mass is 10.1. The number of thioether (sulfide) groups is 1. The maximum Gasteiger partial charge on any atom is 0.331 e. The molecule has 1 amide bonds. The molecule has 1 aliphatic heterocycles. The van der Waals surface area contributed by atoms with Crippen molar-refractivity contribution in [3.05, 3.63) is 65.2 Å². The monoisotopic (exact) mass is 488 g/mol. The zero-order chi connectivity index (χ0) is 24.9. The quantitative estimate of drug-likeness (QED) is 0.413. The van der Waals surface area contributed by atoms with E-state index in [2.05, 4.69) is 39.2 Å². The predicted octanol–water partition coefficient (Wildman–Crippen LogP) is 3.49. The minimum atomic E-state index is -1.10. The Balaban J connectivity index is 0.00000199. The number of carbonyl (C=O) groups is 2. The van der Waals surface area contributed by atoms with Crippen LogP contribution in [0.3, 0.4) is 0 Å². The second-order valence-electron chi connectivity index (χ2n) is 7.73. The summed E-state index contributed by atoms with van der Waals surface area (Å²) in [4.78, 5) is 27.5. The molecule has 0 saturated carbocycles. The minimum Gasteiger partial charge on any atom is -0.467 e. The lowest BCUT2D eigenvalue weighted by Gasteiger charge is -2.26. The summed E-state index contributed by atoms with van der Waals surface area (Å²) < 4.78 is 10.0. The van der Waals surface area contributed by atoms with E-state index < -0.39 is 24.0 Å². The number of aliphatic hydroxyl groups is 1. The first-order chi connectivity index (χ1) is 16.5. The van der Waals surface area contributed by atoms with E-state index in [-0.39, 0.29) is 0 Å². The average molecular weight is 489 g/mol. The van der Waals surface area contributed by atoms with Crippen LogP contribution in [0.1, 0.15) is 42.3 Å². The van der Waals surface area contributed by atoms with Gasteiger partial charge in [0.25, 0.3) is 5.91 Å². The first-order valence-electron chi connectivity index (χ1n) is 11.6. The molecule has 1 fully saturated rings. The fourth-order valence-electron chi connectivity index (χ4n) is 3.36. The second-order valence-corrected chi connectivity index (χ2v) is 8.78. The van der Waals surface area contributed by atoms with Crippen molar-refractivity contribution >= 4 is 23.6 Å². The summed E-state index contributed by atoms with van der Waals surface area (Å²) in [7, 11) is 1.22. The van der Waals surface area contributed by atoms with Gasteiger partial charge in [-0.3, -0.25) is 9.69 Å². The summed E-state index contributed by atoms with van der Waals surface area (Å²) in [6.45, 7) is 9.95. The molecule has 2 atom stereocenters. The molecular weight excluding hydrogens is 452 g/mol. The number of nitrogens with zero attached hydrogens (tertiary/aromatic N) is 1. The Bertz CT molecular complexity index is 881. The van der Waals surface area contributed by atoms with E-state index >= 15 is 0 Å². The maximum absolute atomic E-state index is 12.4. The Kier molecular flexibility index (Phi) is 12.1. The van der Waals surface area contributed by atoms with Crippen LogP contribution in [0, 0.1) is 0 Å². The number of benzene rings is 2. The molecule has 2 N–H and O–H groups in total. The number of esters is 1. The summed E-state index contributed by atoms with van der Waals surface area (Å²) >= 11 is 1.69. The van der Waals surface area contributed by atoms with E-state index in [9.17, 15) is 14.7 Å². The van der Waals surface area contributed by atoms with Gasteiger partial charge in [-0.2, -0.15) is 0 Å². The zero-order valence-electron chi connectivity index (χ0n) is 20.5. The highest BCUT2D eigenvalue weighted by atomic mass is 32.2. The molecule has 0 aliphatic carbocycles. The highest BCUT2D eigenvalue weighted by Gasteiger charge is 2.26. The first kappa shape index (κ1) is 27.9. The minimum absolute atomic E-state index is 0.413. The van der Waals surface area contributed by atoms with E-state index in [1.165, 1.54) is 25.2 Å². The number of morpholine rings is 1. The Morgan fingerprint density at radius 3 is 2.21 bits per heavy atom. The van der Waals surface area contributed by atoms with Crippen molar-refractivity contribution < 1.29 is 24.2 Å². The molecule has 1 aliphatic rings. The lowest BCUT2D eigenvalue weighted by Crippen LogP contribution is -2.48. The number of carbonyl (C=O) groups excluding carboxylic acids is 2. The number of hydrogen-bond donors (Lipinski definition) is 2. The van der Waals surface area contributed by atoms with Crippen LogP contribution in [0.2, 0.25) is 0 Å². The van der Waals surface area contributed by atoms with Gasteiger partial charge in [-0.1, -0.05) is 38.1 Å². The van der Waals surface area contributed by atoms with Crippen molar-refractivity contribution in [1.29, 1.82) is 0 Å².